The van der Waals surface area contributed by atoms with Crippen molar-refractivity contribution in [2.45, 2.75) is 25.8 Å². The molecule has 0 aliphatic carbocycles. The zero-order valence-corrected chi connectivity index (χ0v) is 15.1. The third-order valence-corrected chi connectivity index (χ3v) is 5.65. The lowest BCUT2D eigenvalue weighted by atomic mass is 9.95. The molecule has 8 nitrogen and oxygen atoms in total. The van der Waals surface area contributed by atoms with Crippen LogP contribution in [-0.2, 0) is 0 Å². The Morgan fingerprint density at radius 1 is 1.35 bits per heavy atom. The van der Waals surface area contributed by atoms with Gasteiger partial charge in [0.15, 0.2) is 10.9 Å². The van der Waals surface area contributed by atoms with Crippen molar-refractivity contribution < 1.29 is 0 Å². The molecule has 0 unspecified atom stereocenters. The van der Waals surface area contributed by atoms with Crippen LogP contribution in [0, 0.1) is 17.2 Å². The number of fused-ring (bicyclic) bond motifs is 1. The Kier molecular flexibility index (Phi) is 4.26. The van der Waals surface area contributed by atoms with Crippen molar-refractivity contribution in [2.24, 2.45) is 5.92 Å². The molecule has 1 aliphatic rings. The minimum absolute atomic E-state index is 0.0536. The van der Waals surface area contributed by atoms with E-state index in [2.05, 4.69) is 38.2 Å². The number of anilines is 4. The third-order valence-electron chi connectivity index (χ3n) is 4.54. The Morgan fingerprint density at radius 3 is 3.04 bits per heavy atom. The second-order valence-electron chi connectivity index (χ2n) is 6.36. The Morgan fingerprint density at radius 2 is 2.23 bits per heavy atom. The fraction of sp³-hybridized carbons (Fsp3) is 0.353. The van der Waals surface area contributed by atoms with E-state index in [0.29, 0.717) is 23.5 Å². The molecule has 3 aromatic heterocycles. The standard InChI is InChI=1S/C17H18N8S/c1-10-2-3-11(7-18)8-25(10)17-23-12-4-5-20-16(15(12)26-17)24-14-6-13(19)21-9-22-14/h4-6,9-11H,2-3,8H2,1H3,(H3,19,20,21,22,24)/t10-,11-/m0/s1. The summed E-state index contributed by atoms with van der Waals surface area (Å²) in [6.07, 6.45) is 5.07. The lowest BCUT2D eigenvalue weighted by Gasteiger charge is -2.35. The van der Waals surface area contributed by atoms with Gasteiger partial charge in [0.1, 0.15) is 18.0 Å². The maximum atomic E-state index is 9.28. The van der Waals surface area contributed by atoms with E-state index in [-0.39, 0.29) is 5.92 Å². The lowest BCUT2D eigenvalue weighted by molar-refractivity contribution is 0.425. The number of rotatable bonds is 3. The summed E-state index contributed by atoms with van der Waals surface area (Å²) < 4.78 is 0.950. The number of piperidine rings is 1. The van der Waals surface area contributed by atoms with E-state index < -0.39 is 0 Å². The number of nitrogens with one attached hydrogen (secondary N) is 1. The summed E-state index contributed by atoms with van der Waals surface area (Å²) in [7, 11) is 0. The zero-order valence-electron chi connectivity index (χ0n) is 14.3. The Balaban J connectivity index is 1.68. The average Bonchev–Trinajstić information content (AvgIpc) is 3.07. The third kappa shape index (κ3) is 3.11. The second kappa shape index (κ2) is 6.72. The summed E-state index contributed by atoms with van der Waals surface area (Å²) in [5, 5.41) is 13.4. The molecule has 132 valence electrons. The van der Waals surface area contributed by atoms with Gasteiger partial charge in [0.05, 0.1) is 22.2 Å². The molecule has 1 fully saturated rings. The highest BCUT2D eigenvalue weighted by molar-refractivity contribution is 7.22. The van der Waals surface area contributed by atoms with Crippen molar-refractivity contribution in [2.75, 3.05) is 22.5 Å². The zero-order chi connectivity index (χ0) is 18.1. The SMILES string of the molecule is C[C@H]1CC[C@@H](C#N)CN1c1nc2ccnc(Nc3cc(N)ncn3)c2s1. The topological polar surface area (TPSA) is 117 Å². The van der Waals surface area contributed by atoms with E-state index in [4.69, 9.17) is 10.7 Å². The molecule has 4 heterocycles. The molecular weight excluding hydrogens is 348 g/mol. The normalized spacial score (nSPS) is 20.1. The summed E-state index contributed by atoms with van der Waals surface area (Å²) in [6.45, 7) is 2.90. The first kappa shape index (κ1) is 16.5. The van der Waals surface area contributed by atoms with Gasteiger partial charge >= 0.3 is 0 Å². The fourth-order valence-electron chi connectivity index (χ4n) is 3.10. The quantitative estimate of drug-likeness (QED) is 0.726. The Labute approximate surface area is 154 Å². The summed E-state index contributed by atoms with van der Waals surface area (Å²) >= 11 is 1.58. The number of hydrogen-bond donors (Lipinski definition) is 2. The summed E-state index contributed by atoms with van der Waals surface area (Å²) in [6, 6.07) is 6.31. The first-order chi connectivity index (χ1) is 12.6. The van der Waals surface area contributed by atoms with Crippen LogP contribution in [0.1, 0.15) is 19.8 Å². The monoisotopic (exact) mass is 366 g/mol. The molecule has 0 radical (unpaired) electrons. The second-order valence-corrected chi connectivity index (χ2v) is 7.34. The van der Waals surface area contributed by atoms with Crippen LogP contribution in [0.5, 0.6) is 0 Å². The minimum Gasteiger partial charge on any atom is -0.384 e. The van der Waals surface area contributed by atoms with Gasteiger partial charge < -0.3 is 16.0 Å². The van der Waals surface area contributed by atoms with Crippen LogP contribution in [0.4, 0.5) is 22.6 Å². The molecular formula is C17H18N8S. The predicted molar refractivity (Wildman–Crippen MR) is 102 cm³/mol. The minimum atomic E-state index is 0.0536. The van der Waals surface area contributed by atoms with Gasteiger partial charge in [-0.3, -0.25) is 0 Å². The number of nitrogens with two attached hydrogens (primary N) is 1. The van der Waals surface area contributed by atoms with Crippen molar-refractivity contribution in [1.82, 2.24) is 19.9 Å². The van der Waals surface area contributed by atoms with Crippen molar-refractivity contribution in [1.29, 1.82) is 5.26 Å². The number of pyridine rings is 1. The van der Waals surface area contributed by atoms with E-state index in [1.54, 1.807) is 23.6 Å². The summed E-state index contributed by atoms with van der Waals surface area (Å²) in [5.41, 5.74) is 6.58. The van der Waals surface area contributed by atoms with Gasteiger partial charge in [0, 0.05) is 24.8 Å². The Bertz CT molecular complexity index is 978. The van der Waals surface area contributed by atoms with Gasteiger partial charge in [-0.2, -0.15) is 5.26 Å². The van der Waals surface area contributed by atoms with Gasteiger partial charge in [-0.15, -0.1) is 0 Å². The van der Waals surface area contributed by atoms with Crippen molar-refractivity contribution in [3.8, 4) is 6.07 Å². The van der Waals surface area contributed by atoms with Crippen LogP contribution >= 0.6 is 11.3 Å². The molecule has 26 heavy (non-hydrogen) atoms. The molecule has 2 atom stereocenters. The first-order valence-electron chi connectivity index (χ1n) is 8.40. The smallest absolute Gasteiger partial charge is 0.186 e. The van der Waals surface area contributed by atoms with Crippen LogP contribution < -0.4 is 16.0 Å². The van der Waals surface area contributed by atoms with Gasteiger partial charge in [-0.05, 0) is 25.8 Å². The highest BCUT2D eigenvalue weighted by Gasteiger charge is 2.28. The molecule has 0 amide bonds. The highest BCUT2D eigenvalue weighted by Crippen LogP contribution is 2.37. The number of nitriles is 1. The van der Waals surface area contributed by atoms with Gasteiger partial charge in [-0.25, -0.2) is 19.9 Å². The number of nitrogens with zero attached hydrogens (tertiary/aromatic N) is 6. The van der Waals surface area contributed by atoms with Crippen molar-refractivity contribution >= 4 is 44.1 Å². The van der Waals surface area contributed by atoms with Crippen molar-refractivity contribution in [3.05, 3.63) is 24.7 Å². The highest BCUT2D eigenvalue weighted by atomic mass is 32.1. The van der Waals surface area contributed by atoms with E-state index in [1.165, 1.54) is 6.33 Å². The molecule has 1 aliphatic heterocycles. The molecule has 9 heteroatoms. The molecule has 0 aromatic carbocycles. The number of nitrogen functional groups attached to an aromatic ring is 1. The molecule has 1 saturated heterocycles. The summed E-state index contributed by atoms with van der Waals surface area (Å²) in [5.74, 6) is 1.72. The van der Waals surface area contributed by atoms with E-state index in [1.807, 2.05) is 6.07 Å². The fourth-order valence-corrected chi connectivity index (χ4v) is 4.21. The van der Waals surface area contributed by atoms with Crippen LogP contribution in [0.25, 0.3) is 10.2 Å². The molecule has 0 saturated carbocycles. The van der Waals surface area contributed by atoms with Crippen molar-refractivity contribution in [3.63, 3.8) is 0 Å². The maximum Gasteiger partial charge on any atom is 0.186 e. The summed E-state index contributed by atoms with van der Waals surface area (Å²) in [4.78, 5) is 19.5. The molecule has 3 aromatic rings. The average molecular weight is 366 g/mol. The van der Waals surface area contributed by atoms with E-state index >= 15 is 0 Å². The molecule has 0 bridgehead atoms. The first-order valence-corrected chi connectivity index (χ1v) is 9.22. The largest absolute Gasteiger partial charge is 0.384 e. The van der Waals surface area contributed by atoms with Gasteiger partial charge in [0.2, 0.25) is 0 Å². The van der Waals surface area contributed by atoms with E-state index in [9.17, 15) is 5.26 Å². The van der Waals surface area contributed by atoms with Crippen LogP contribution in [0.3, 0.4) is 0 Å². The Hall–Kier alpha value is -2.99. The van der Waals surface area contributed by atoms with Crippen LogP contribution in [-0.4, -0.2) is 32.5 Å². The van der Waals surface area contributed by atoms with Crippen LogP contribution in [0.2, 0.25) is 0 Å². The number of hydrogen-bond acceptors (Lipinski definition) is 9. The molecule has 4 rings (SSSR count). The molecule has 3 N–H and O–H groups in total. The maximum absolute atomic E-state index is 9.28. The molecule has 0 spiro atoms. The van der Waals surface area contributed by atoms with Crippen LogP contribution in [0.15, 0.2) is 24.7 Å². The number of aromatic nitrogens is 4. The number of thiazole rings is 1. The van der Waals surface area contributed by atoms with E-state index in [0.717, 1.165) is 34.7 Å². The van der Waals surface area contributed by atoms with Gasteiger partial charge in [-0.1, -0.05) is 11.3 Å². The van der Waals surface area contributed by atoms with Gasteiger partial charge in [0.25, 0.3) is 0 Å². The lowest BCUT2D eigenvalue weighted by Crippen LogP contribution is -2.41. The predicted octanol–water partition coefficient (Wildman–Crippen LogP) is 2.94.